The van der Waals surface area contributed by atoms with Crippen LogP contribution in [0.2, 0.25) is 0 Å². The number of hydrogen-bond acceptors (Lipinski definition) is 7. The molecule has 1 aromatic heterocycles. The lowest BCUT2D eigenvalue weighted by atomic mass is 10.2. The number of nitrogens with zero attached hydrogens (tertiary/aromatic N) is 2. The molecular weight excluding hydrogens is 372 g/mol. The molecule has 148 valence electrons. The van der Waals surface area contributed by atoms with Crippen molar-refractivity contribution in [3.63, 3.8) is 0 Å². The van der Waals surface area contributed by atoms with E-state index in [1.165, 1.54) is 7.11 Å². The maximum Gasteiger partial charge on any atom is 0.337 e. The Labute approximate surface area is 167 Å². The van der Waals surface area contributed by atoms with Crippen LogP contribution in [0.15, 0.2) is 54.6 Å². The summed E-state index contributed by atoms with van der Waals surface area (Å²) in [5.74, 6) is 0.299. The Kier molecular flexibility index (Phi) is 6.03. The van der Waals surface area contributed by atoms with E-state index in [0.717, 1.165) is 11.3 Å². The highest BCUT2D eigenvalue weighted by Crippen LogP contribution is 2.27. The molecule has 3 aromatic rings. The quantitative estimate of drug-likeness (QED) is 0.618. The number of aromatic nitrogens is 2. The Bertz CT molecular complexity index is 1020. The van der Waals surface area contributed by atoms with E-state index in [9.17, 15) is 9.59 Å². The van der Waals surface area contributed by atoms with E-state index in [0.29, 0.717) is 22.8 Å². The number of carbonyl (C=O) groups excluding carboxylic acids is 2. The summed E-state index contributed by atoms with van der Waals surface area (Å²) in [6.45, 7) is 1.97. The van der Waals surface area contributed by atoms with Crippen LogP contribution in [0.4, 0.5) is 17.2 Å². The number of amides is 1. The van der Waals surface area contributed by atoms with Crippen molar-refractivity contribution in [2.75, 3.05) is 24.9 Å². The SMILES string of the molecule is COC(=O)c1ccc(NC(=O)c2ccc(Nc3cc(C)ccc3OC)nn2)cc1. The van der Waals surface area contributed by atoms with Crippen molar-refractivity contribution in [2.24, 2.45) is 0 Å². The van der Waals surface area contributed by atoms with Crippen molar-refractivity contribution in [3.05, 3.63) is 71.4 Å². The molecule has 0 saturated carbocycles. The minimum absolute atomic E-state index is 0.156. The number of ether oxygens (including phenoxy) is 2. The summed E-state index contributed by atoms with van der Waals surface area (Å²) in [6.07, 6.45) is 0. The van der Waals surface area contributed by atoms with Gasteiger partial charge in [0.25, 0.3) is 5.91 Å². The molecule has 3 rings (SSSR count). The zero-order valence-corrected chi connectivity index (χ0v) is 16.2. The van der Waals surface area contributed by atoms with Gasteiger partial charge in [0.1, 0.15) is 5.75 Å². The molecule has 8 nitrogen and oxygen atoms in total. The summed E-state index contributed by atoms with van der Waals surface area (Å²) < 4.78 is 9.97. The summed E-state index contributed by atoms with van der Waals surface area (Å²) in [5.41, 5.74) is 2.90. The van der Waals surface area contributed by atoms with Gasteiger partial charge >= 0.3 is 5.97 Å². The second-order valence-electron chi connectivity index (χ2n) is 6.16. The van der Waals surface area contributed by atoms with E-state index in [1.807, 2.05) is 25.1 Å². The van der Waals surface area contributed by atoms with Crippen LogP contribution in [-0.4, -0.2) is 36.3 Å². The van der Waals surface area contributed by atoms with Crippen molar-refractivity contribution in [1.29, 1.82) is 0 Å². The molecule has 2 N–H and O–H groups in total. The molecule has 1 amide bonds. The topological polar surface area (TPSA) is 102 Å². The molecule has 0 saturated heterocycles. The van der Waals surface area contributed by atoms with Gasteiger partial charge in [-0.25, -0.2) is 4.79 Å². The first-order valence-corrected chi connectivity index (χ1v) is 8.75. The number of methoxy groups -OCH3 is 2. The van der Waals surface area contributed by atoms with E-state index in [-0.39, 0.29) is 5.69 Å². The third-order valence-electron chi connectivity index (χ3n) is 4.08. The highest BCUT2D eigenvalue weighted by molar-refractivity contribution is 6.03. The first-order valence-electron chi connectivity index (χ1n) is 8.75. The van der Waals surface area contributed by atoms with Crippen LogP contribution in [0.3, 0.4) is 0 Å². The van der Waals surface area contributed by atoms with Crippen LogP contribution < -0.4 is 15.4 Å². The average molecular weight is 392 g/mol. The summed E-state index contributed by atoms with van der Waals surface area (Å²) in [4.78, 5) is 23.8. The van der Waals surface area contributed by atoms with Gasteiger partial charge in [-0.1, -0.05) is 6.07 Å². The van der Waals surface area contributed by atoms with E-state index in [1.54, 1.807) is 43.5 Å². The second-order valence-corrected chi connectivity index (χ2v) is 6.16. The molecule has 0 radical (unpaired) electrons. The first kappa shape index (κ1) is 19.8. The lowest BCUT2D eigenvalue weighted by Crippen LogP contribution is -2.14. The van der Waals surface area contributed by atoms with Crippen molar-refractivity contribution < 1.29 is 19.1 Å². The number of anilines is 3. The van der Waals surface area contributed by atoms with Crippen LogP contribution in [-0.2, 0) is 4.74 Å². The Morgan fingerprint density at radius 3 is 2.31 bits per heavy atom. The highest BCUT2D eigenvalue weighted by atomic mass is 16.5. The lowest BCUT2D eigenvalue weighted by Gasteiger charge is -2.11. The molecular formula is C21H20N4O4. The number of nitrogens with one attached hydrogen (secondary N) is 2. The first-order chi connectivity index (χ1) is 14.0. The van der Waals surface area contributed by atoms with E-state index in [2.05, 4.69) is 25.6 Å². The molecule has 0 aliphatic heterocycles. The van der Waals surface area contributed by atoms with Gasteiger partial charge in [-0.2, -0.15) is 0 Å². The largest absolute Gasteiger partial charge is 0.495 e. The molecule has 0 aliphatic carbocycles. The predicted octanol–water partition coefficient (Wildman–Crippen LogP) is 3.58. The van der Waals surface area contributed by atoms with Crippen molar-refractivity contribution in [3.8, 4) is 5.75 Å². The molecule has 8 heteroatoms. The van der Waals surface area contributed by atoms with Gasteiger partial charge in [0.2, 0.25) is 0 Å². The summed E-state index contributed by atoms with van der Waals surface area (Å²) in [7, 11) is 2.90. The van der Waals surface area contributed by atoms with Crippen molar-refractivity contribution in [2.45, 2.75) is 6.92 Å². The average Bonchev–Trinajstić information content (AvgIpc) is 2.74. The standard InChI is InChI=1S/C21H20N4O4/c1-13-4-10-18(28-2)17(12-13)23-19-11-9-16(24-25-19)20(26)22-15-7-5-14(6-8-15)21(27)29-3/h4-12H,1-3H3,(H,22,26)(H,23,25). The normalized spacial score (nSPS) is 10.2. The molecule has 2 aromatic carbocycles. The van der Waals surface area contributed by atoms with Crippen molar-refractivity contribution in [1.82, 2.24) is 10.2 Å². The van der Waals surface area contributed by atoms with Crippen molar-refractivity contribution >= 4 is 29.1 Å². The third kappa shape index (κ3) is 4.86. The number of benzene rings is 2. The number of rotatable bonds is 6. The van der Waals surface area contributed by atoms with E-state index >= 15 is 0 Å². The van der Waals surface area contributed by atoms with Gasteiger partial charge in [0.15, 0.2) is 11.5 Å². The molecule has 29 heavy (non-hydrogen) atoms. The fourth-order valence-corrected chi connectivity index (χ4v) is 2.58. The molecule has 0 spiro atoms. The van der Waals surface area contributed by atoms with Gasteiger partial charge in [-0.05, 0) is 61.0 Å². The Morgan fingerprint density at radius 1 is 0.931 bits per heavy atom. The maximum atomic E-state index is 12.4. The minimum atomic E-state index is -0.443. The molecule has 0 aliphatic rings. The second kappa shape index (κ2) is 8.83. The molecule has 0 bridgehead atoms. The lowest BCUT2D eigenvalue weighted by molar-refractivity contribution is 0.0600. The Morgan fingerprint density at radius 2 is 1.69 bits per heavy atom. The monoisotopic (exact) mass is 392 g/mol. The van der Waals surface area contributed by atoms with Gasteiger partial charge in [-0.15, -0.1) is 10.2 Å². The fraction of sp³-hybridized carbons (Fsp3) is 0.143. The zero-order chi connectivity index (χ0) is 20.8. The Hall–Kier alpha value is -3.94. The molecule has 0 fully saturated rings. The summed E-state index contributed by atoms with van der Waals surface area (Å²) in [5, 5.41) is 13.9. The van der Waals surface area contributed by atoms with E-state index in [4.69, 9.17) is 4.74 Å². The number of esters is 1. The molecule has 0 unspecified atom stereocenters. The van der Waals surface area contributed by atoms with Crippen LogP contribution in [0.25, 0.3) is 0 Å². The highest BCUT2D eigenvalue weighted by Gasteiger charge is 2.11. The number of aryl methyl sites for hydroxylation is 1. The van der Waals surface area contributed by atoms with Gasteiger partial charge in [-0.3, -0.25) is 4.79 Å². The summed E-state index contributed by atoms with van der Waals surface area (Å²) >= 11 is 0. The van der Waals surface area contributed by atoms with Gasteiger partial charge < -0.3 is 20.1 Å². The van der Waals surface area contributed by atoms with Gasteiger partial charge in [0.05, 0.1) is 25.5 Å². The smallest absolute Gasteiger partial charge is 0.337 e. The molecule has 1 heterocycles. The Balaban J connectivity index is 1.67. The maximum absolute atomic E-state index is 12.4. The number of carbonyl (C=O) groups is 2. The predicted molar refractivity (Wildman–Crippen MR) is 109 cm³/mol. The van der Waals surface area contributed by atoms with Crippen LogP contribution in [0.1, 0.15) is 26.4 Å². The minimum Gasteiger partial charge on any atom is -0.495 e. The van der Waals surface area contributed by atoms with Crippen LogP contribution in [0.5, 0.6) is 5.75 Å². The third-order valence-corrected chi connectivity index (χ3v) is 4.08. The summed E-state index contributed by atoms with van der Waals surface area (Å²) in [6, 6.07) is 15.3. The number of hydrogen-bond donors (Lipinski definition) is 2. The van der Waals surface area contributed by atoms with Crippen LogP contribution in [0, 0.1) is 6.92 Å². The van der Waals surface area contributed by atoms with Gasteiger partial charge in [0, 0.05) is 5.69 Å². The van der Waals surface area contributed by atoms with E-state index < -0.39 is 11.9 Å². The fourth-order valence-electron chi connectivity index (χ4n) is 2.58. The zero-order valence-electron chi connectivity index (χ0n) is 16.2. The van der Waals surface area contributed by atoms with Crippen LogP contribution >= 0.6 is 0 Å². The molecule has 0 atom stereocenters.